The van der Waals surface area contributed by atoms with Crippen molar-refractivity contribution >= 4 is 24.1 Å². The van der Waals surface area contributed by atoms with Crippen LogP contribution < -0.4 is 0 Å². The van der Waals surface area contributed by atoms with Gasteiger partial charge in [-0.3, -0.25) is 0 Å². The maximum atomic E-state index is 5.74. The first-order chi connectivity index (χ1) is 8.35. The van der Waals surface area contributed by atoms with Crippen LogP contribution >= 0.6 is 24.1 Å². The van der Waals surface area contributed by atoms with E-state index >= 15 is 0 Å². The van der Waals surface area contributed by atoms with Crippen LogP contribution in [0.25, 0.3) is 0 Å². The van der Waals surface area contributed by atoms with Gasteiger partial charge in [-0.25, -0.2) is 3.63 Å². The maximum Gasteiger partial charge on any atom is 0.0950 e. The fraction of sp³-hybridized carbons (Fsp3) is 1.00. The van der Waals surface area contributed by atoms with Crippen LogP contribution in [-0.2, 0) is 13.1 Å². The lowest BCUT2D eigenvalue weighted by molar-refractivity contribution is 0.391. The number of hydrogen-bond donors (Lipinski definition) is 0. The Morgan fingerprint density at radius 2 is 1.41 bits per heavy atom. The Kier molecular flexibility index (Phi) is 5.96. The Balaban J connectivity index is 1.62. The van der Waals surface area contributed by atoms with E-state index in [1.54, 1.807) is 24.1 Å². The molecule has 5 heteroatoms. The first-order valence-corrected chi connectivity index (χ1v) is 8.18. The molecule has 2 saturated heterocycles. The minimum Gasteiger partial charge on any atom is -0.372 e. The molecule has 3 nitrogen and oxygen atoms in total. The molecule has 4 unspecified atom stereocenters. The van der Waals surface area contributed by atoms with Crippen molar-refractivity contribution in [3.8, 4) is 0 Å². The van der Waals surface area contributed by atoms with E-state index in [1.807, 2.05) is 0 Å². The van der Waals surface area contributed by atoms with E-state index in [9.17, 15) is 0 Å². The molecule has 2 fully saturated rings. The fourth-order valence-corrected chi connectivity index (χ4v) is 4.04. The largest absolute Gasteiger partial charge is 0.372 e. The zero-order valence-corrected chi connectivity index (χ0v) is 12.2. The van der Waals surface area contributed by atoms with Gasteiger partial charge in [-0.1, -0.05) is 26.7 Å². The summed E-state index contributed by atoms with van der Waals surface area (Å²) in [5.41, 5.74) is 0. The molecule has 2 heterocycles. The predicted molar refractivity (Wildman–Crippen MR) is 73.1 cm³/mol. The maximum absolute atomic E-state index is 5.74. The molecule has 0 N–H and O–H groups in total. The number of ether oxygens (including phenoxy) is 2. The quantitative estimate of drug-likeness (QED) is 0.452. The summed E-state index contributed by atoms with van der Waals surface area (Å²) in [6, 6.07) is 0. The van der Waals surface area contributed by atoms with E-state index in [1.165, 1.54) is 25.7 Å². The second-order valence-electron chi connectivity index (χ2n) is 4.66. The van der Waals surface area contributed by atoms with Gasteiger partial charge in [0.1, 0.15) is 0 Å². The van der Waals surface area contributed by atoms with E-state index < -0.39 is 0 Å². The van der Waals surface area contributed by atoms with Crippen molar-refractivity contribution in [1.29, 1.82) is 0 Å². The smallest absolute Gasteiger partial charge is 0.0950 e. The molecule has 0 amide bonds. The van der Waals surface area contributed by atoms with Gasteiger partial charge in [0, 0.05) is 24.1 Å². The second-order valence-corrected chi connectivity index (χ2v) is 6.80. The standard InChI is InChI=1S/C12H22O3S2/c1-3-5-11(9-7-13-9)16-15-17-12(6-4-2)10-8-14-10/h9-12H,3-8H2,1-2H3. The van der Waals surface area contributed by atoms with Crippen molar-refractivity contribution < 1.29 is 13.1 Å². The van der Waals surface area contributed by atoms with Gasteiger partial charge in [0.25, 0.3) is 0 Å². The fourth-order valence-electron chi connectivity index (χ4n) is 1.82. The van der Waals surface area contributed by atoms with E-state index in [2.05, 4.69) is 13.8 Å². The Labute approximate surface area is 113 Å². The molecule has 0 aliphatic carbocycles. The van der Waals surface area contributed by atoms with Crippen LogP contribution in [0.2, 0.25) is 0 Å². The van der Waals surface area contributed by atoms with Crippen LogP contribution in [0.15, 0.2) is 0 Å². The third kappa shape index (κ3) is 4.99. The minimum absolute atomic E-state index is 0.433. The lowest BCUT2D eigenvalue weighted by Gasteiger charge is -2.15. The molecule has 0 bridgehead atoms. The van der Waals surface area contributed by atoms with E-state index in [0.29, 0.717) is 22.7 Å². The van der Waals surface area contributed by atoms with Crippen molar-refractivity contribution in [2.24, 2.45) is 0 Å². The highest BCUT2D eigenvalue weighted by Crippen LogP contribution is 2.37. The highest BCUT2D eigenvalue weighted by Gasteiger charge is 2.36. The lowest BCUT2D eigenvalue weighted by Crippen LogP contribution is -2.13. The van der Waals surface area contributed by atoms with Gasteiger partial charge >= 0.3 is 0 Å². The zero-order valence-electron chi connectivity index (χ0n) is 10.6. The molecule has 17 heavy (non-hydrogen) atoms. The molecule has 0 saturated carbocycles. The topological polar surface area (TPSA) is 34.3 Å². The third-order valence-corrected chi connectivity index (χ3v) is 5.22. The molecule has 0 radical (unpaired) electrons. The van der Waals surface area contributed by atoms with Gasteiger partial charge in [-0.05, 0) is 12.8 Å². The molecule has 100 valence electrons. The van der Waals surface area contributed by atoms with E-state index in [0.717, 1.165) is 13.2 Å². The minimum atomic E-state index is 0.433. The Morgan fingerprint density at radius 3 is 1.71 bits per heavy atom. The highest BCUT2D eigenvalue weighted by molar-refractivity contribution is 8.08. The molecular formula is C12H22O3S2. The Morgan fingerprint density at radius 1 is 1.00 bits per heavy atom. The predicted octanol–water partition coefficient (Wildman–Crippen LogP) is 3.43. The summed E-state index contributed by atoms with van der Waals surface area (Å²) < 4.78 is 16.4. The Bertz CT molecular complexity index is 198. The van der Waals surface area contributed by atoms with Gasteiger partial charge in [0.15, 0.2) is 0 Å². The SMILES string of the molecule is CCCC(SOSC(CCC)C1CO1)C1CO1. The van der Waals surface area contributed by atoms with Crippen molar-refractivity contribution in [2.45, 2.75) is 62.2 Å². The molecule has 0 spiro atoms. The van der Waals surface area contributed by atoms with Crippen LogP contribution in [-0.4, -0.2) is 35.9 Å². The molecule has 2 aliphatic heterocycles. The van der Waals surface area contributed by atoms with Crippen molar-refractivity contribution in [3.63, 3.8) is 0 Å². The van der Waals surface area contributed by atoms with E-state index in [-0.39, 0.29) is 0 Å². The van der Waals surface area contributed by atoms with Crippen molar-refractivity contribution in [1.82, 2.24) is 0 Å². The molecule has 2 aliphatic rings. The van der Waals surface area contributed by atoms with Crippen LogP contribution in [0.5, 0.6) is 0 Å². The highest BCUT2D eigenvalue weighted by atomic mass is 32.2. The van der Waals surface area contributed by atoms with Crippen LogP contribution in [0.3, 0.4) is 0 Å². The first-order valence-electron chi connectivity index (χ1n) is 6.57. The third-order valence-electron chi connectivity index (χ3n) is 3.02. The molecule has 4 atom stereocenters. The molecule has 2 rings (SSSR count). The van der Waals surface area contributed by atoms with Gasteiger partial charge in [-0.15, -0.1) is 0 Å². The van der Waals surface area contributed by atoms with E-state index in [4.69, 9.17) is 13.1 Å². The summed E-state index contributed by atoms with van der Waals surface area (Å²) in [5.74, 6) is 0. The Hall–Kier alpha value is 0.580. The van der Waals surface area contributed by atoms with Gasteiger partial charge in [-0.2, -0.15) is 0 Å². The summed E-state index contributed by atoms with van der Waals surface area (Å²) >= 11 is 3.20. The van der Waals surface area contributed by atoms with Gasteiger partial charge < -0.3 is 9.47 Å². The molecule has 0 aromatic carbocycles. The average Bonchev–Trinajstić information content (AvgIpc) is 3.19. The number of hydrogen-bond acceptors (Lipinski definition) is 5. The summed E-state index contributed by atoms with van der Waals surface area (Å²) in [5, 5.41) is 1.02. The monoisotopic (exact) mass is 278 g/mol. The van der Waals surface area contributed by atoms with Crippen molar-refractivity contribution in [3.05, 3.63) is 0 Å². The lowest BCUT2D eigenvalue weighted by atomic mass is 10.2. The van der Waals surface area contributed by atoms with Crippen LogP contribution in [0.1, 0.15) is 39.5 Å². The van der Waals surface area contributed by atoms with Gasteiger partial charge in [0.2, 0.25) is 0 Å². The zero-order chi connectivity index (χ0) is 12.1. The molecule has 0 aromatic heterocycles. The summed E-state index contributed by atoms with van der Waals surface area (Å²) in [6.45, 7) is 6.24. The molecular weight excluding hydrogens is 256 g/mol. The summed E-state index contributed by atoms with van der Waals surface area (Å²) in [4.78, 5) is 0. The second kappa shape index (κ2) is 7.24. The summed E-state index contributed by atoms with van der Waals surface area (Å²) in [6.07, 6.45) is 5.60. The summed E-state index contributed by atoms with van der Waals surface area (Å²) in [7, 11) is 0. The first kappa shape index (κ1) is 14.0. The number of epoxide rings is 2. The van der Waals surface area contributed by atoms with Crippen LogP contribution in [0, 0.1) is 0 Å². The average molecular weight is 278 g/mol. The van der Waals surface area contributed by atoms with Crippen molar-refractivity contribution in [2.75, 3.05) is 13.2 Å². The van der Waals surface area contributed by atoms with Gasteiger partial charge in [0.05, 0.1) is 35.9 Å². The molecule has 0 aromatic rings. The van der Waals surface area contributed by atoms with Crippen LogP contribution in [0.4, 0.5) is 0 Å². The number of rotatable bonds is 10. The normalized spacial score (nSPS) is 30.0.